The van der Waals surface area contributed by atoms with Gasteiger partial charge in [0, 0.05) is 25.3 Å². The van der Waals surface area contributed by atoms with Crippen LogP contribution in [0.15, 0.2) is 23.1 Å². The van der Waals surface area contributed by atoms with Gasteiger partial charge in [0.1, 0.15) is 5.54 Å². The number of nitrogens with zero attached hydrogens (tertiary/aromatic N) is 2. The van der Waals surface area contributed by atoms with E-state index in [-0.39, 0.29) is 28.8 Å². The molecule has 0 bridgehead atoms. The molecule has 0 aromatic heterocycles. The van der Waals surface area contributed by atoms with Crippen LogP contribution >= 0.6 is 11.6 Å². The molecule has 7 nitrogen and oxygen atoms in total. The number of amides is 1. The number of carbonyl (C=O) groups is 1. The normalized spacial score (nSPS) is 26.0. The van der Waals surface area contributed by atoms with Crippen LogP contribution < -0.4 is 15.5 Å². The van der Waals surface area contributed by atoms with Gasteiger partial charge in [-0.25, -0.2) is 8.42 Å². The smallest absolute Gasteiger partial charge is 0.238 e. The molecular weight excluding hydrogens is 412 g/mol. The zero-order valence-corrected chi connectivity index (χ0v) is 17.7. The van der Waals surface area contributed by atoms with Crippen LogP contribution in [-0.4, -0.2) is 50.8 Å². The molecule has 9 heteroatoms. The van der Waals surface area contributed by atoms with Crippen molar-refractivity contribution in [2.24, 2.45) is 0 Å². The summed E-state index contributed by atoms with van der Waals surface area (Å²) in [6.07, 6.45) is 4.92. The number of hydrogen-bond donors (Lipinski definition) is 2. The highest BCUT2D eigenvalue weighted by molar-refractivity contribution is 7.92. The number of nitriles is 1. The molecule has 2 heterocycles. The highest BCUT2D eigenvalue weighted by Gasteiger charge is 2.47. The van der Waals surface area contributed by atoms with Gasteiger partial charge in [-0.1, -0.05) is 11.6 Å². The molecule has 0 radical (unpaired) electrons. The monoisotopic (exact) mass is 436 g/mol. The first-order valence-corrected chi connectivity index (χ1v) is 12.0. The number of piperidine rings is 1. The molecular formula is C20H25ClN4O3S. The Labute approximate surface area is 176 Å². The first-order chi connectivity index (χ1) is 13.8. The van der Waals surface area contributed by atoms with Crippen molar-refractivity contribution in [1.82, 2.24) is 10.6 Å². The first kappa shape index (κ1) is 20.5. The summed E-state index contributed by atoms with van der Waals surface area (Å²) >= 11 is 6.38. The summed E-state index contributed by atoms with van der Waals surface area (Å²) in [4.78, 5) is 14.7. The van der Waals surface area contributed by atoms with Gasteiger partial charge >= 0.3 is 0 Å². The van der Waals surface area contributed by atoms with Crippen LogP contribution in [0.5, 0.6) is 0 Å². The minimum Gasteiger partial charge on any atom is -0.371 e. The van der Waals surface area contributed by atoms with Crippen molar-refractivity contribution in [2.45, 2.75) is 60.3 Å². The maximum Gasteiger partial charge on any atom is 0.238 e. The second-order valence-electron chi connectivity index (χ2n) is 8.21. The van der Waals surface area contributed by atoms with Gasteiger partial charge in [-0.2, -0.15) is 5.26 Å². The predicted octanol–water partition coefficient (Wildman–Crippen LogP) is 2.01. The standard InChI is InChI=1S/C20H25ClN4O3S/c21-16-10-14(25-8-2-1-3-9-25)4-5-18(16)29(27,28)15-11-17(23-12-15)19(26)24-20(13-22)6-7-20/h4-5,10,15,17,23H,1-3,6-9,11-12H2,(H,24,26)/t15-,17+/m1/s1. The van der Waals surface area contributed by atoms with Crippen LogP contribution in [0.1, 0.15) is 38.5 Å². The van der Waals surface area contributed by atoms with E-state index in [4.69, 9.17) is 16.9 Å². The molecule has 1 aromatic rings. The summed E-state index contributed by atoms with van der Waals surface area (Å²) in [7, 11) is -3.67. The van der Waals surface area contributed by atoms with E-state index in [0.717, 1.165) is 31.6 Å². The van der Waals surface area contributed by atoms with E-state index in [1.165, 1.54) is 6.42 Å². The molecule has 1 aliphatic carbocycles. The lowest BCUT2D eigenvalue weighted by Crippen LogP contribution is -2.45. The molecule has 2 atom stereocenters. The van der Waals surface area contributed by atoms with Gasteiger partial charge in [-0.15, -0.1) is 0 Å². The summed E-state index contributed by atoms with van der Waals surface area (Å²) in [6.45, 7) is 2.09. The minimum absolute atomic E-state index is 0.114. The molecule has 1 amide bonds. The van der Waals surface area contributed by atoms with Gasteiger partial charge in [0.25, 0.3) is 0 Å². The fraction of sp³-hybridized carbons (Fsp3) is 0.600. The first-order valence-electron chi connectivity index (χ1n) is 10.1. The lowest BCUT2D eigenvalue weighted by molar-refractivity contribution is -0.123. The van der Waals surface area contributed by atoms with Crippen molar-refractivity contribution < 1.29 is 13.2 Å². The van der Waals surface area contributed by atoms with Gasteiger partial charge < -0.3 is 15.5 Å². The molecule has 1 saturated carbocycles. The third kappa shape index (κ3) is 4.09. The fourth-order valence-corrected chi connectivity index (χ4v) is 6.31. The Morgan fingerprint density at radius 2 is 2.00 bits per heavy atom. The van der Waals surface area contributed by atoms with Crippen LogP contribution in [0, 0.1) is 11.3 Å². The van der Waals surface area contributed by atoms with Gasteiger partial charge in [0.05, 0.1) is 27.3 Å². The van der Waals surface area contributed by atoms with Crippen molar-refractivity contribution in [3.8, 4) is 6.07 Å². The van der Waals surface area contributed by atoms with Crippen molar-refractivity contribution in [3.05, 3.63) is 23.2 Å². The summed E-state index contributed by atoms with van der Waals surface area (Å²) in [5, 5.41) is 14.3. The number of carbonyl (C=O) groups excluding carboxylic acids is 1. The largest absolute Gasteiger partial charge is 0.371 e. The van der Waals surface area contributed by atoms with Gasteiger partial charge in [-0.3, -0.25) is 4.79 Å². The molecule has 2 aliphatic heterocycles. The second-order valence-corrected chi connectivity index (χ2v) is 10.8. The third-order valence-electron chi connectivity index (χ3n) is 6.12. The highest BCUT2D eigenvalue weighted by atomic mass is 35.5. The number of hydrogen-bond acceptors (Lipinski definition) is 6. The van der Waals surface area contributed by atoms with E-state index in [9.17, 15) is 13.2 Å². The van der Waals surface area contributed by atoms with Crippen molar-refractivity contribution in [2.75, 3.05) is 24.5 Å². The van der Waals surface area contributed by atoms with Crippen LogP contribution in [0.3, 0.4) is 0 Å². The van der Waals surface area contributed by atoms with Crippen molar-refractivity contribution in [1.29, 1.82) is 5.26 Å². The van der Waals surface area contributed by atoms with Gasteiger partial charge in [0.2, 0.25) is 5.91 Å². The summed E-state index contributed by atoms with van der Waals surface area (Å²) < 4.78 is 26.3. The number of anilines is 1. The average Bonchev–Trinajstić information content (AvgIpc) is 3.30. The van der Waals surface area contributed by atoms with E-state index < -0.39 is 26.7 Å². The molecule has 2 saturated heterocycles. The summed E-state index contributed by atoms with van der Waals surface area (Å²) in [5.74, 6) is -0.312. The third-order valence-corrected chi connectivity index (χ3v) is 8.75. The lowest BCUT2D eigenvalue weighted by Gasteiger charge is -2.29. The molecule has 3 fully saturated rings. The number of benzene rings is 1. The van der Waals surface area contributed by atoms with Crippen LogP contribution in [0.4, 0.5) is 5.69 Å². The SMILES string of the molecule is N#CC1(NC(=O)[C@@H]2C[C@@H](S(=O)(=O)c3ccc(N4CCCCC4)cc3Cl)CN2)CC1. The molecule has 1 aromatic carbocycles. The quantitative estimate of drug-likeness (QED) is 0.731. The molecule has 2 N–H and O–H groups in total. The Balaban J connectivity index is 1.46. The van der Waals surface area contributed by atoms with Crippen LogP contribution in [0.2, 0.25) is 5.02 Å². The molecule has 3 aliphatic rings. The second kappa shape index (κ2) is 7.78. The zero-order valence-electron chi connectivity index (χ0n) is 16.2. The fourth-order valence-electron chi connectivity index (χ4n) is 4.10. The number of halogens is 1. The Kier molecular flexibility index (Phi) is 5.49. The van der Waals surface area contributed by atoms with E-state index in [0.29, 0.717) is 12.8 Å². The van der Waals surface area contributed by atoms with Crippen molar-refractivity contribution >= 4 is 33.0 Å². The average molecular weight is 437 g/mol. The van der Waals surface area contributed by atoms with E-state index >= 15 is 0 Å². The Bertz CT molecular complexity index is 949. The predicted molar refractivity (Wildman–Crippen MR) is 111 cm³/mol. The number of sulfone groups is 1. The molecule has 4 rings (SSSR count). The molecule has 0 unspecified atom stereocenters. The summed E-state index contributed by atoms with van der Waals surface area (Å²) in [6, 6.07) is 6.64. The van der Waals surface area contributed by atoms with E-state index in [1.807, 2.05) is 6.07 Å². The minimum atomic E-state index is -3.67. The van der Waals surface area contributed by atoms with Gasteiger partial charge in [-0.05, 0) is 56.7 Å². The topological polar surface area (TPSA) is 102 Å². The molecule has 0 spiro atoms. The van der Waals surface area contributed by atoms with Crippen LogP contribution in [0.25, 0.3) is 0 Å². The van der Waals surface area contributed by atoms with E-state index in [2.05, 4.69) is 21.6 Å². The van der Waals surface area contributed by atoms with E-state index in [1.54, 1.807) is 12.1 Å². The number of nitrogens with one attached hydrogen (secondary N) is 2. The van der Waals surface area contributed by atoms with Crippen molar-refractivity contribution in [3.63, 3.8) is 0 Å². The highest BCUT2D eigenvalue weighted by Crippen LogP contribution is 2.35. The Morgan fingerprint density at radius 1 is 1.28 bits per heavy atom. The molecule has 29 heavy (non-hydrogen) atoms. The Morgan fingerprint density at radius 3 is 2.62 bits per heavy atom. The Hall–Kier alpha value is -1.82. The van der Waals surface area contributed by atoms with Crippen LogP contribution in [-0.2, 0) is 14.6 Å². The van der Waals surface area contributed by atoms with Gasteiger partial charge in [0.15, 0.2) is 9.84 Å². The lowest BCUT2D eigenvalue weighted by atomic mass is 10.1. The maximum absolute atomic E-state index is 13.1. The summed E-state index contributed by atoms with van der Waals surface area (Å²) in [5.41, 5.74) is 0.185. The number of rotatable bonds is 5. The molecule has 156 valence electrons. The zero-order chi connectivity index (χ0) is 20.6. The maximum atomic E-state index is 13.1.